The predicted octanol–water partition coefficient (Wildman–Crippen LogP) is 8.12. The lowest BCUT2D eigenvalue weighted by atomic mass is 10.0. The molecule has 0 N–H and O–H groups in total. The topological polar surface area (TPSA) is 54.9 Å². The number of nitrogens with zero attached hydrogens (tertiary/aromatic N) is 3. The molecule has 1 fully saturated rings. The lowest BCUT2D eigenvalue weighted by Gasteiger charge is -2.34. The number of ether oxygens (including phenoxy) is 2. The second-order valence-electron chi connectivity index (χ2n) is 10.9. The highest BCUT2D eigenvalue weighted by molar-refractivity contribution is 6.32. The van der Waals surface area contributed by atoms with Gasteiger partial charge in [0.2, 0.25) is 11.8 Å². The van der Waals surface area contributed by atoms with Gasteiger partial charge in [0.25, 0.3) is 0 Å². The number of aryl methyl sites for hydroxylation is 2. The smallest absolute Gasteiger partial charge is 0.246 e. The highest BCUT2D eigenvalue weighted by atomic mass is 35.5. The number of benzene rings is 3. The highest BCUT2D eigenvalue weighted by Gasteiger charge is 2.20. The van der Waals surface area contributed by atoms with E-state index in [1.165, 1.54) is 11.1 Å². The van der Waals surface area contributed by atoms with Crippen molar-refractivity contribution in [2.24, 2.45) is 0 Å². The number of allylic oxidation sites excluding steroid dienone is 1. The van der Waals surface area contributed by atoms with E-state index in [-0.39, 0.29) is 5.91 Å². The van der Waals surface area contributed by atoms with Crippen LogP contribution in [0.4, 0.5) is 0 Å². The number of aromatic nitrogens is 1. The molecule has 0 atom stereocenters. The van der Waals surface area contributed by atoms with Crippen molar-refractivity contribution in [2.75, 3.05) is 26.2 Å². The zero-order valence-electron chi connectivity index (χ0n) is 24.6. The molecule has 0 unspecified atom stereocenters. The summed E-state index contributed by atoms with van der Waals surface area (Å²) in [6, 6.07) is 23.5. The monoisotopic (exact) mass is 615 g/mol. The molecule has 2 heterocycles. The van der Waals surface area contributed by atoms with Crippen LogP contribution in [0.15, 0.2) is 85.1 Å². The number of carbonyl (C=O) groups is 1. The summed E-state index contributed by atoms with van der Waals surface area (Å²) in [6.07, 6.45) is 3.33. The molecular formula is C35H35Cl2N3O3. The molecule has 4 aromatic rings. The molecule has 0 spiro atoms. The lowest BCUT2D eigenvalue weighted by molar-refractivity contribution is -0.127. The molecule has 0 bridgehead atoms. The molecule has 0 radical (unpaired) electrons. The van der Waals surface area contributed by atoms with E-state index in [2.05, 4.69) is 28.9 Å². The van der Waals surface area contributed by atoms with E-state index in [9.17, 15) is 4.79 Å². The molecule has 1 saturated heterocycles. The molecule has 222 valence electrons. The Hall–Kier alpha value is -3.84. The molecule has 1 aliphatic heterocycles. The van der Waals surface area contributed by atoms with Crippen molar-refractivity contribution in [1.82, 2.24) is 14.8 Å². The normalized spacial score (nSPS) is 14.1. The van der Waals surface area contributed by atoms with Gasteiger partial charge in [0, 0.05) is 49.9 Å². The first-order chi connectivity index (χ1) is 20.7. The van der Waals surface area contributed by atoms with Gasteiger partial charge in [-0.3, -0.25) is 9.69 Å². The first-order valence-electron chi connectivity index (χ1n) is 14.3. The van der Waals surface area contributed by atoms with E-state index in [1.807, 2.05) is 73.3 Å². The van der Waals surface area contributed by atoms with Crippen molar-refractivity contribution in [3.63, 3.8) is 0 Å². The van der Waals surface area contributed by atoms with Crippen LogP contribution in [0.5, 0.6) is 17.4 Å². The van der Waals surface area contributed by atoms with Crippen molar-refractivity contribution in [3.8, 4) is 17.4 Å². The lowest BCUT2D eigenvalue weighted by Crippen LogP contribution is -2.47. The summed E-state index contributed by atoms with van der Waals surface area (Å²) in [5.74, 6) is 1.60. The maximum atomic E-state index is 13.1. The van der Waals surface area contributed by atoms with Crippen molar-refractivity contribution in [2.45, 2.75) is 33.9 Å². The van der Waals surface area contributed by atoms with Crippen molar-refractivity contribution < 1.29 is 14.3 Å². The average Bonchev–Trinajstić information content (AvgIpc) is 3.00. The minimum Gasteiger partial charge on any atom is -0.487 e. The Balaban J connectivity index is 1.15. The van der Waals surface area contributed by atoms with Crippen LogP contribution in [0.1, 0.15) is 34.7 Å². The number of amides is 1. The van der Waals surface area contributed by atoms with Gasteiger partial charge in [-0.2, -0.15) is 0 Å². The van der Waals surface area contributed by atoms with Crippen LogP contribution in [0.25, 0.3) is 5.57 Å². The molecule has 1 aromatic heterocycles. The minimum absolute atomic E-state index is 0.00614. The number of rotatable bonds is 9. The summed E-state index contributed by atoms with van der Waals surface area (Å²) in [5.41, 5.74) is 6.09. The number of pyridine rings is 1. The highest BCUT2D eigenvalue weighted by Crippen LogP contribution is 2.35. The summed E-state index contributed by atoms with van der Waals surface area (Å²) in [5, 5.41) is 1.19. The van der Waals surface area contributed by atoms with E-state index in [1.54, 1.807) is 18.3 Å². The predicted molar refractivity (Wildman–Crippen MR) is 173 cm³/mol. The Morgan fingerprint density at radius 1 is 0.907 bits per heavy atom. The molecule has 1 aliphatic rings. The van der Waals surface area contributed by atoms with Gasteiger partial charge < -0.3 is 14.4 Å². The van der Waals surface area contributed by atoms with Gasteiger partial charge in [0.1, 0.15) is 12.4 Å². The summed E-state index contributed by atoms with van der Waals surface area (Å²) in [7, 11) is 0. The Bertz CT molecular complexity index is 1560. The SMILES string of the molecule is CC(=CC(=O)N1CCN(Cc2ccc(Cl)cc2)CC1)c1cc(C)c(Oc2ccc(OCc3ccc(C)cc3)cn2)c(Cl)c1. The van der Waals surface area contributed by atoms with Gasteiger partial charge in [-0.05, 0) is 78.9 Å². The number of hydrogen-bond acceptors (Lipinski definition) is 5. The zero-order valence-corrected chi connectivity index (χ0v) is 26.2. The van der Waals surface area contributed by atoms with Gasteiger partial charge >= 0.3 is 0 Å². The maximum Gasteiger partial charge on any atom is 0.246 e. The fourth-order valence-electron chi connectivity index (χ4n) is 4.89. The van der Waals surface area contributed by atoms with Crippen LogP contribution in [0, 0.1) is 13.8 Å². The summed E-state index contributed by atoms with van der Waals surface area (Å²) >= 11 is 12.7. The van der Waals surface area contributed by atoms with Gasteiger partial charge in [0.15, 0.2) is 5.75 Å². The Labute approximate surface area is 263 Å². The molecule has 1 amide bonds. The third kappa shape index (κ3) is 8.38. The van der Waals surface area contributed by atoms with Crippen molar-refractivity contribution >= 4 is 34.7 Å². The van der Waals surface area contributed by atoms with E-state index < -0.39 is 0 Å². The fraction of sp³-hybridized carbons (Fsp3) is 0.257. The number of piperazine rings is 1. The second kappa shape index (κ2) is 14.1. The van der Waals surface area contributed by atoms with Crippen LogP contribution >= 0.6 is 23.2 Å². The molecule has 43 heavy (non-hydrogen) atoms. The van der Waals surface area contributed by atoms with Crippen LogP contribution < -0.4 is 9.47 Å². The third-order valence-corrected chi connectivity index (χ3v) is 8.00. The fourth-order valence-corrected chi connectivity index (χ4v) is 5.32. The Morgan fingerprint density at radius 2 is 1.60 bits per heavy atom. The molecule has 0 aliphatic carbocycles. The molecule has 0 saturated carbocycles. The van der Waals surface area contributed by atoms with Gasteiger partial charge in [-0.25, -0.2) is 4.98 Å². The van der Waals surface area contributed by atoms with E-state index in [4.69, 9.17) is 32.7 Å². The number of hydrogen-bond donors (Lipinski definition) is 0. The zero-order chi connectivity index (χ0) is 30.3. The first kappa shape index (κ1) is 30.6. The van der Waals surface area contributed by atoms with Gasteiger partial charge in [-0.15, -0.1) is 0 Å². The van der Waals surface area contributed by atoms with Crippen LogP contribution in [-0.2, 0) is 17.9 Å². The van der Waals surface area contributed by atoms with Crippen LogP contribution in [-0.4, -0.2) is 46.9 Å². The quantitative estimate of drug-likeness (QED) is 0.178. The Morgan fingerprint density at radius 3 is 2.26 bits per heavy atom. The van der Waals surface area contributed by atoms with Crippen LogP contribution in [0.2, 0.25) is 10.0 Å². The van der Waals surface area contributed by atoms with E-state index >= 15 is 0 Å². The summed E-state index contributed by atoms with van der Waals surface area (Å²) in [6.45, 7) is 10.2. The van der Waals surface area contributed by atoms with Crippen LogP contribution in [0.3, 0.4) is 0 Å². The molecule has 3 aromatic carbocycles. The molecule has 6 nitrogen and oxygen atoms in total. The number of halogens is 2. The second-order valence-corrected chi connectivity index (χ2v) is 11.7. The molecular weight excluding hydrogens is 581 g/mol. The molecule has 8 heteroatoms. The van der Waals surface area contributed by atoms with E-state index in [0.717, 1.165) is 46.9 Å². The van der Waals surface area contributed by atoms with Gasteiger partial charge in [0.05, 0.1) is 11.2 Å². The van der Waals surface area contributed by atoms with Crippen molar-refractivity contribution in [3.05, 3.63) is 123 Å². The van der Waals surface area contributed by atoms with E-state index in [0.29, 0.717) is 42.1 Å². The number of carbonyl (C=O) groups excluding carboxylic acids is 1. The third-order valence-electron chi connectivity index (χ3n) is 7.47. The average molecular weight is 617 g/mol. The summed E-state index contributed by atoms with van der Waals surface area (Å²) in [4.78, 5) is 21.7. The first-order valence-corrected chi connectivity index (χ1v) is 15.1. The minimum atomic E-state index is 0.00614. The largest absolute Gasteiger partial charge is 0.487 e. The Kier molecular flexibility index (Phi) is 10.0. The summed E-state index contributed by atoms with van der Waals surface area (Å²) < 4.78 is 11.9. The standard InChI is InChI=1S/C35H35Cl2N3O3/c1-24-4-6-28(7-5-24)23-42-31-12-13-33(38-21-31)43-35-26(3)18-29(20-32(35)37)25(2)19-34(41)40-16-14-39(15-17-40)22-27-8-10-30(36)11-9-27/h4-13,18-21H,14-17,22-23H2,1-3H3. The van der Waals surface area contributed by atoms with Crippen molar-refractivity contribution in [1.29, 1.82) is 0 Å². The maximum absolute atomic E-state index is 13.1. The van der Waals surface area contributed by atoms with Gasteiger partial charge in [-0.1, -0.05) is 65.2 Å². The molecule has 5 rings (SSSR count).